The number of nitrogens with zero attached hydrogens (tertiary/aromatic N) is 1. The molecule has 0 radical (unpaired) electrons. The second-order valence-electron chi connectivity index (χ2n) is 8.06. The average molecular weight is 471 g/mol. The highest BCUT2D eigenvalue weighted by molar-refractivity contribution is 6.03. The molecule has 2 aromatic carbocycles. The first-order valence-electron chi connectivity index (χ1n) is 12.1. The summed E-state index contributed by atoms with van der Waals surface area (Å²) in [7, 11) is 3.22. The van der Waals surface area contributed by atoms with E-state index < -0.39 is 5.97 Å². The predicted octanol–water partition coefficient (Wildman–Crippen LogP) is 5.69. The Morgan fingerprint density at radius 2 is 1.59 bits per heavy atom. The van der Waals surface area contributed by atoms with Gasteiger partial charge in [0.15, 0.2) is 6.61 Å². The molecular weight excluding hydrogens is 432 g/mol. The lowest BCUT2D eigenvalue weighted by molar-refractivity contribution is -0.120. The van der Waals surface area contributed by atoms with Crippen LogP contribution in [-0.4, -0.2) is 45.8 Å². The number of anilines is 2. The van der Waals surface area contributed by atoms with Gasteiger partial charge in [-0.15, -0.1) is 0 Å². The Balaban J connectivity index is 2.04. The van der Waals surface area contributed by atoms with Crippen molar-refractivity contribution in [3.05, 3.63) is 48.0 Å². The fourth-order valence-electron chi connectivity index (χ4n) is 3.49. The van der Waals surface area contributed by atoms with Crippen LogP contribution in [0.15, 0.2) is 42.5 Å². The topological polar surface area (TPSA) is 77.1 Å². The van der Waals surface area contributed by atoms with E-state index in [9.17, 15) is 9.59 Å². The lowest BCUT2D eigenvalue weighted by Crippen LogP contribution is -2.32. The minimum Gasteiger partial charge on any atom is -0.497 e. The van der Waals surface area contributed by atoms with E-state index in [0.29, 0.717) is 22.7 Å². The van der Waals surface area contributed by atoms with E-state index in [2.05, 4.69) is 12.2 Å². The zero-order chi connectivity index (χ0) is 24.8. The molecule has 0 aliphatic carbocycles. The number of carbonyl (C=O) groups excluding carboxylic acids is 2. The summed E-state index contributed by atoms with van der Waals surface area (Å²) in [6, 6.07) is 12.4. The summed E-state index contributed by atoms with van der Waals surface area (Å²) in [6.45, 7) is 4.90. The normalized spacial score (nSPS) is 10.5. The third-order valence-electron chi connectivity index (χ3n) is 5.51. The van der Waals surface area contributed by atoms with Crippen molar-refractivity contribution >= 4 is 23.3 Å². The molecule has 34 heavy (non-hydrogen) atoms. The minimum atomic E-state index is -0.462. The summed E-state index contributed by atoms with van der Waals surface area (Å²) < 4.78 is 16.0. The summed E-state index contributed by atoms with van der Waals surface area (Å²) in [6.07, 6.45) is 7.30. The number of hydrogen-bond donors (Lipinski definition) is 1. The summed E-state index contributed by atoms with van der Waals surface area (Å²) in [5.74, 6) is 0.521. The molecule has 1 amide bonds. The molecular formula is C27H38N2O5. The SMILES string of the molecule is CCCCCCCCNc1ccc(C(=O)OCC)c(N(C)C(=O)COc2ccc(OC)cc2)c1. The molecule has 0 heterocycles. The van der Waals surface area contributed by atoms with Crippen molar-refractivity contribution in [2.45, 2.75) is 52.4 Å². The summed E-state index contributed by atoms with van der Waals surface area (Å²) >= 11 is 0. The Bertz CT molecular complexity index is 898. The number of nitrogens with one attached hydrogen (secondary N) is 1. The van der Waals surface area contributed by atoms with Crippen LogP contribution in [0.3, 0.4) is 0 Å². The van der Waals surface area contributed by atoms with Gasteiger partial charge in [0.1, 0.15) is 11.5 Å². The van der Waals surface area contributed by atoms with Gasteiger partial charge in [0.05, 0.1) is 25.0 Å². The smallest absolute Gasteiger partial charge is 0.340 e. The second kappa shape index (κ2) is 14.8. The molecule has 0 fully saturated rings. The van der Waals surface area contributed by atoms with Gasteiger partial charge in [-0.2, -0.15) is 0 Å². The van der Waals surface area contributed by atoms with Crippen molar-refractivity contribution in [2.24, 2.45) is 0 Å². The first kappa shape index (κ1) is 27.0. The van der Waals surface area contributed by atoms with Crippen molar-refractivity contribution in [3.63, 3.8) is 0 Å². The molecule has 2 aromatic rings. The van der Waals surface area contributed by atoms with Crippen LogP contribution in [0.5, 0.6) is 11.5 Å². The molecule has 0 atom stereocenters. The van der Waals surface area contributed by atoms with E-state index in [-0.39, 0.29) is 19.1 Å². The van der Waals surface area contributed by atoms with Gasteiger partial charge < -0.3 is 24.4 Å². The van der Waals surface area contributed by atoms with E-state index in [1.54, 1.807) is 51.4 Å². The molecule has 7 nitrogen and oxygen atoms in total. The van der Waals surface area contributed by atoms with Crippen LogP contribution in [0.25, 0.3) is 0 Å². The summed E-state index contributed by atoms with van der Waals surface area (Å²) in [4.78, 5) is 26.8. The predicted molar refractivity (Wildman–Crippen MR) is 136 cm³/mol. The highest BCUT2D eigenvalue weighted by Gasteiger charge is 2.21. The molecule has 0 spiro atoms. The first-order chi connectivity index (χ1) is 16.5. The van der Waals surface area contributed by atoms with Crippen molar-refractivity contribution in [1.29, 1.82) is 0 Å². The molecule has 186 valence electrons. The Morgan fingerprint density at radius 3 is 2.26 bits per heavy atom. The number of esters is 1. The van der Waals surface area contributed by atoms with Crippen LogP contribution in [0.2, 0.25) is 0 Å². The van der Waals surface area contributed by atoms with Crippen LogP contribution in [0, 0.1) is 0 Å². The molecule has 0 saturated carbocycles. The number of ether oxygens (including phenoxy) is 3. The maximum Gasteiger partial charge on any atom is 0.340 e. The molecule has 0 aliphatic heterocycles. The van der Waals surface area contributed by atoms with Crippen LogP contribution < -0.4 is 19.7 Å². The van der Waals surface area contributed by atoms with E-state index >= 15 is 0 Å². The molecule has 0 aliphatic rings. The number of amides is 1. The highest BCUT2D eigenvalue weighted by atomic mass is 16.5. The van der Waals surface area contributed by atoms with Crippen LogP contribution >= 0.6 is 0 Å². The summed E-state index contributed by atoms with van der Waals surface area (Å²) in [5.41, 5.74) is 1.68. The van der Waals surface area contributed by atoms with E-state index in [1.165, 1.54) is 37.0 Å². The Labute approximate surface area is 203 Å². The quantitative estimate of drug-likeness (QED) is 0.266. The van der Waals surface area contributed by atoms with E-state index in [0.717, 1.165) is 18.7 Å². The maximum absolute atomic E-state index is 12.9. The number of carbonyl (C=O) groups is 2. The number of rotatable bonds is 15. The maximum atomic E-state index is 12.9. The van der Waals surface area contributed by atoms with Gasteiger partial charge in [0.2, 0.25) is 0 Å². The number of hydrogen-bond acceptors (Lipinski definition) is 6. The molecule has 2 rings (SSSR count). The number of benzene rings is 2. The number of unbranched alkanes of at least 4 members (excludes halogenated alkanes) is 5. The van der Waals surface area contributed by atoms with E-state index in [1.807, 2.05) is 12.1 Å². The van der Waals surface area contributed by atoms with Crippen molar-refractivity contribution in [3.8, 4) is 11.5 Å². The minimum absolute atomic E-state index is 0.166. The van der Waals surface area contributed by atoms with Crippen molar-refractivity contribution in [2.75, 3.05) is 44.1 Å². The molecule has 7 heteroatoms. The Morgan fingerprint density at radius 1 is 0.912 bits per heavy atom. The van der Waals surface area contributed by atoms with Crippen LogP contribution in [-0.2, 0) is 9.53 Å². The first-order valence-corrected chi connectivity index (χ1v) is 12.1. The van der Waals surface area contributed by atoms with Crippen LogP contribution in [0.4, 0.5) is 11.4 Å². The molecule has 1 N–H and O–H groups in total. The molecule has 0 bridgehead atoms. The lowest BCUT2D eigenvalue weighted by Gasteiger charge is -2.21. The largest absolute Gasteiger partial charge is 0.497 e. The van der Waals surface area contributed by atoms with Gasteiger partial charge in [-0.1, -0.05) is 39.0 Å². The third-order valence-corrected chi connectivity index (χ3v) is 5.51. The van der Waals surface area contributed by atoms with Gasteiger partial charge in [0, 0.05) is 19.3 Å². The lowest BCUT2D eigenvalue weighted by atomic mass is 10.1. The molecule has 0 unspecified atom stereocenters. The second-order valence-corrected chi connectivity index (χ2v) is 8.06. The van der Waals surface area contributed by atoms with Crippen molar-refractivity contribution in [1.82, 2.24) is 0 Å². The highest BCUT2D eigenvalue weighted by Crippen LogP contribution is 2.26. The number of likely N-dealkylation sites (N-methyl/N-ethyl adjacent to an activating group) is 1. The third kappa shape index (κ3) is 8.61. The van der Waals surface area contributed by atoms with Gasteiger partial charge in [0.25, 0.3) is 5.91 Å². The standard InChI is InChI=1S/C27H38N2O5/c1-5-7-8-9-10-11-18-28-21-12-17-24(27(31)33-6-2)25(19-21)29(3)26(30)20-34-23-15-13-22(32-4)14-16-23/h12-17,19,28H,5-11,18,20H2,1-4H3. The van der Waals surface area contributed by atoms with Crippen molar-refractivity contribution < 1.29 is 23.8 Å². The van der Waals surface area contributed by atoms with E-state index in [4.69, 9.17) is 14.2 Å². The fourth-order valence-corrected chi connectivity index (χ4v) is 3.49. The van der Waals surface area contributed by atoms with Gasteiger partial charge in [-0.25, -0.2) is 4.79 Å². The monoisotopic (exact) mass is 470 g/mol. The van der Waals surface area contributed by atoms with Gasteiger partial charge in [-0.05, 0) is 55.8 Å². The zero-order valence-corrected chi connectivity index (χ0v) is 20.9. The number of methoxy groups -OCH3 is 1. The average Bonchev–Trinajstić information content (AvgIpc) is 2.86. The fraction of sp³-hybridized carbons (Fsp3) is 0.481. The zero-order valence-electron chi connectivity index (χ0n) is 20.9. The summed E-state index contributed by atoms with van der Waals surface area (Å²) in [5, 5.41) is 3.40. The molecule has 0 saturated heterocycles. The van der Waals surface area contributed by atoms with Gasteiger partial charge >= 0.3 is 5.97 Å². The Kier molecular flexibility index (Phi) is 11.8. The van der Waals surface area contributed by atoms with Gasteiger partial charge in [-0.3, -0.25) is 4.79 Å². The Hall–Kier alpha value is -3.22. The molecule has 0 aromatic heterocycles. The van der Waals surface area contributed by atoms with Crippen LogP contribution in [0.1, 0.15) is 62.7 Å².